The fourth-order valence-electron chi connectivity index (χ4n) is 3.50. The molecule has 1 fully saturated rings. The fraction of sp³-hybridized carbons (Fsp3) is 0.167. The highest BCUT2D eigenvalue weighted by Crippen LogP contribution is 2.32. The van der Waals surface area contributed by atoms with Gasteiger partial charge in [0.15, 0.2) is 17.3 Å². The summed E-state index contributed by atoms with van der Waals surface area (Å²) in [6, 6.07) is 8.22. The van der Waals surface area contributed by atoms with Crippen LogP contribution in [0.3, 0.4) is 0 Å². The van der Waals surface area contributed by atoms with E-state index in [-0.39, 0.29) is 12.6 Å². The summed E-state index contributed by atoms with van der Waals surface area (Å²) in [5, 5.41) is 4.24. The molecule has 0 spiro atoms. The van der Waals surface area contributed by atoms with Crippen molar-refractivity contribution >= 4 is 34.5 Å². The van der Waals surface area contributed by atoms with Crippen LogP contribution in [-0.2, 0) is 9.47 Å². The second kappa shape index (κ2) is 3.76. The molecule has 0 saturated carbocycles. The summed E-state index contributed by atoms with van der Waals surface area (Å²) >= 11 is 0. The summed E-state index contributed by atoms with van der Waals surface area (Å²) < 4.78 is 11.0. The van der Waals surface area contributed by atoms with Crippen LogP contribution in [0.2, 0.25) is 0 Å². The van der Waals surface area contributed by atoms with Gasteiger partial charge in [0, 0.05) is 17.2 Å². The van der Waals surface area contributed by atoms with Crippen LogP contribution in [0.1, 0.15) is 28.8 Å². The van der Waals surface area contributed by atoms with Gasteiger partial charge in [-0.15, -0.1) is 0 Å². The normalized spacial score (nSPS) is 18.4. The Bertz CT molecular complexity index is 980. The van der Waals surface area contributed by atoms with Gasteiger partial charge in [0.1, 0.15) is 0 Å². The summed E-state index contributed by atoms with van der Waals surface area (Å²) in [5.74, 6) is 1.86. The largest absolute Gasteiger partial charge is 0.454 e. The van der Waals surface area contributed by atoms with Gasteiger partial charge in [-0.2, -0.15) is 0 Å². The zero-order valence-corrected chi connectivity index (χ0v) is 11.3. The molecule has 2 aromatic carbocycles. The van der Waals surface area contributed by atoms with E-state index in [1.165, 1.54) is 0 Å². The lowest BCUT2D eigenvalue weighted by Crippen LogP contribution is -2.20. The first-order valence-corrected chi connectivity index (χ1v) is 7.14. The zero-order valence-electron chi connectivity index (χ0n) is 11.3. The molecule has 0 atom stereocenters. The van der Waals surface area contributed by atoms with Gasteiger partial charge >= 0.3 is 0 Å². The predicted molar refractivity (Wildman–Crippen MR) is 79.6 cm³/mol. The summed E-state index contributed by atoms with van der Waals surface area (Å²) in [4.78, 5) is 12.3. The van der Waals surface area contributed by atoms with Gasteiger partial charge in [0.25, 0.3) is 0 Å². The molecule has 21 heavy (non-hydrogen) atoms. The van der Waals surface area contributed by atoms with E-state index >= 15 is 0 Å². The van der Waals surface area contributed by atoms with Crippen molar-refractivity contribution < 1.29 is 14.3 Å². The van der Waals surface area contributed by atoms with Gasteiger partial charge in [-0.25, -0.2) is 0 Å². The second-order valence-corrected chi connectivity index (χ2v) is 5.56. The SMILES string of the molecule is O=C1CCC=c2ccc3c4c(ccc3c21)=C1OCOC1=C4. The molecule has 5 rings (SSSR count). The molecule has 1 aliphatic heterocycles. The lowest BCUT2D eigenvalue weighted by Gasteiger charge is -2.12. The van der Waals surface area contributed by atoms with Crippen LogP contribution < -0.4 is 10.4 Å². The maximum Gasteiger partial charge on any atom is 0.231 e. The third-order valence-corrected chi connectivity index (χ3v) is 4.45. The number of benzene rings is 2. The Kier molecular flexibility index (Phi) is 1.99. The van der Waals surface area contributed by atoms with Crippen LogP contribution >= 0.6 is 0 Å². The highest BCUT2D eigenvalue weighted by Gasteiger charge is 2.25. The molecule has 0 aromatic heterocycles. The molecule has 0 bridgehead atoms. The van der Waals surface area contributed by atoms with E-state index in [9.17, 15) is 4.79 Å². The van der Waals surface area contributed by atoms with E-state index in [0.29, 0.717) is 6.42 Å². The molecular formula is C18H12O3. The Morgan fingerprint density at radius 1 is 1.00 bits per heavy atom. The number of carbonyl (C=O) groups excluding carboxylic acids is 1. The van der Waals surface area contributed by atoms with Crippen molar-refractivity contribution in [1.82, 2.24) is 0 Å². The maximum atomic E-state index is 12.3. The van der Waals surface area contributed by atoms with Gasteiger partial charge in [-0.05, 0) is 40.1 Å². The maximum absolute atomic E-state index is 12.3. The first-order valence-electron chi connectivity index (χ1n) is 7.14. The molecule has 0 amide bonds. The lowest BCUT2D eigenvalue weighted by molar-refractivity contribution is 0.0983. The first kappa shape index (κ1) is 11.1. The van der Waals surface area contributed by atoms with Gasteiger partial charge < -0.3 is 9.47 Å². The average molecular weight is 276 g/mol. The molecule has 102 valence electrons. The summed E-state index contributed by atoms with van der Waals surface area (Å²) in [6.45, 7) is 0.288. The molecule has 0 radical (unpaired) electrons. The number of hydrogen-bond acceptors (Lipinski definition) is 3. The Labute approximate surface area is 120 Å². The van der Waals surface area contributed by atoms with Gasteiger partial charge in [-0.1, -0.05) is 24.3 Å². The number of rotatable bonds is 0. The molecule has 1 saturated heterocycles. The number of hydrogen-bond donors (Lipinski definition) is 0. The molecule has 3 heteroatoms. The van der Waals surface area contributed by atoms with Gasteiger partial charge in [0.2, 0.25) is 6.79 Å². The summed E-state index contributed by atoms with van der Waals surface area (Å²) in [5.41, 5.74) is 1.96. The van der Waals surface area contributed by atoms with E-state index in [1.54, 1.807) is 0 Å². The first-order chi connectivity index (χ1) is 10.3. The number of carbonyl (C=O) groups is 1. The van der Waals surface area contributed by atoms with Gasteiger partial charge in [-0.3, -0.25) is 4.79 Å². The Hall–Kier alpha value is -2.55. The molecule has 2 aromatic rings. The summed E-state index contributed by atoms with van der Waals surface area (Å²) in [6.07, 6.45) is 5.61. The molecule has 3 nitrogen and oxygen atoms in total. The molecule has 0 N–H and O–H groups in total. The Balaban J connectivity index is 1.95. The molecule has 0 unspecified atom stereocenters. The second-order valence-electron chi connectivity index (χ2n) is 5.56. The van der Waals surface area contributed by atoms with Crippen molar-refractivity contribution in [3.05, 3.63) is 51.6 Å². The number of fused-ring (bicyclic) bond motifs is 6. The van der Waals surface area contributed by atoms with E-state index in [2.05, 4.69) is 12.1 Å². The van der Waals surface area contributed by atoms with Crippen molar-refractivity contribution in [1.29, 1.82) is 0 Å². The zero-order chi connectivity index (χ0) is 14.0. The van der Waals surface area contributed by atoms with Crippen molar-refractivity contribution in [3.63, 3.8) is 0 Å². The van der Waals surface area contributed by atoms with E-state index in [0.717, 1.165) is 50.3 Å². The topological polar surface area (TPSA) is 35.5 Å². The molecular weight excluding hydrogens is 264 g/mol. The minimum Gasteiger partial charge on any atom is -0.454 e. The van der Waals surface area contributed by atoms with Crippen LogP contribution in [0.5, 0.6) is 0 Å². The average Bonchev–Trinajstić information content (AvgIpc) is 3.07. The minimum atomic E-state index is 0.240. The molecule has 3 aliphatic rings. The number of Topliss-reactive ketones (excluding diaryl/α,β-unsaturated/α-hetero) is 1. The van der Waals surface area contributed by atoms with Crippen molar-refractivity contribution in [2.45, 2.75) is 12.8 Å². The predicted octanol–water partition coefficient (Wildman–Crippen LogP) is 2.06. The molecule has 1 heterocycles. The lowest BCUT2D eigenvalue weighted by atomic mass is 9.91. The number of ketones is 1. The standard InChI is InChI=1S/C18H12O3/c19-15-3-1-2-10-4-5-11-12(17(10)15)6-7-13-14(11)8-16-18(13)21-9-20-16/h2,4-8H,1,3,9H2. The van der Waals surface area contributed by atoms with Crippen LogP contribution in [0.4, 0.5) is 0 Å². The quantitative estimate of drug-likeness (QED) is 0.739. The van der Waals surface area contributed by atoms with E-state index < -0.39 is 0 Å². The van der Waals surface area contributed by atoms with Crippen LogP contribution in [0.15, 0.2) is 30.0 Å². The third kappa shape index (κ3) is 1.35. The minimum absolute atomic E-state index is 0.240. The van der Waals surface area contributed by atoms with Crippen LogP contribution in [-0.4, -0.2) is 12.6 Å². The monoisotopic (exact) mass is 276 g/mol. The number of ether oxygens (including phenoxy) is 2. The van der Waals surface area contributed by atoms with Crippen molar-refractivity contribution in [2.24, 2.45) is 0 Å². The highest BCUT2D eigenvalue weighted by atomic mass is 16.7. The van der Waals surface area contributed by atoms with E-state index in [1.807, 2.05) is 24.3 Å². The molecule has 2 aliphatic carbocycles. The van der Waals surface area contributed by atoms with Crippen LogP contribution in [0.25, 0.3) is 28.7 Å². The Morgan fingerprint density at radius 3 is 2.86 bits per heavy atom. The van der Waals surface area contributed by atoms with Crippen molar-refractivity contribution in [2.75, 3.05) is 6.79 Å². The van der Waals surface area contributed by atoms with Gasteiger partial charge in [0.05, 0.1) is 0 Å². The third-order valence-electron chi connectivity index (χ3n) is 4.45. The highest BCUT2D eigenvalue weighted by molar-refractivity contribution is 6.11. The van der Waals surface area contributed by atoms with Crippen LogP contribution in [0, 0.1) is 0 Å². The fourth-order valence-corrected chi connectivity index (χ4v) is 3.50. The smallest absolute Gasteiger partial charge is 0.231 e. The van der Waals surface area contributed by atoms with E-state index in [4.69, 9.17) is 9.47 Å². The summed E-state index contributed by atoms with van der Waals surface area (Å²) in [7, 11) is 0. The Morgan fingerprint density at radius 2 is 1.90 bits per heavy atom. The van der Waals surface area contributed by atoms with Crippen molar-refractivity contribution in [3.8, 4) is 0 Å².